The van der Waals surface area contributed by atoms with Crippen LogP contribution in [0.15, 0.2) is 28.7 Å². The average Bonchev–Trinajstić information content (AvgIpc) is 2.41. The van der Waals surface area contributed by atoms with Gasteiger partial charge in [-0.1, -0.05) is 28.1 Å². The Kier molecular flexibility index (Phi) is 5.45. The van der Waals surface area contributed by atoms with E-state index in [2.05, 4.69) is 28.1 Å². The van der Waals surface area contributed by atoms with Crippen LogP contribution >= 0.6 is 39.5 Å². The number of halogens is 1. The lowest BCUT2D eigenvalue weighted by Gasteiger charge is -2.25. The topological polar surface area (TPSA) is 20.3 Å². The predicted molar refractivity (Wildman–Crippen MR) is 84.2 cm³/mol. The van der Waals surface area contributed by atoms with E-state index in [1.54, 1.807) is 11.8 Å². The molecule has 1 aromatic carbocycles. The van der Waals surface area contributed by atoms with Crippen molar-refractivity contribution in [1.29, 1.82) is 0 Å². The summed E-state index contributed by atoms with van der Waals surface area (Å²) in [6.45, 7) is 0.688. The van der Waals surface area contributed by atoms with Crippen LogP contribution in [0.4, 0.5) is 0 Å². The fourth-order valence-corrected chi connectivity index (χ4v) is 4.74. The molecule has 2 nitrogen and oxygen atoms in total. The molecule has 1 aliphatic rings. The number of carbonyl (C=O) groups is 1. The lowest BCUT2D eigenvalue weighted by molar-refractivity contribution is -0.129. The highest BCUT2D eigenvalue weighted by Crippen LogP contribution is 2.25. The summed E-state index contributed by atoms with van der Waals surface area (Å²) in [5.74, 6) is 3.47. The van der Waals surface area contributed by atoms with E-state index in [0.29, 0.717) is 6.54 Å². The number of hydrogen-bond donors (Lipinski definition) is 0. The maximum Gasteiger partial charge on any atom is 0.236 e. The quantitative estimate of drug-likeness (QED) is 0.838. The fraction of sp³-hybridized carbons (Fsp3) is 0.462. The van der Waals surface area contributed by atoms with Crippen LogP contribution in [0.25, 0.3) is 0 Å². The minimum absolute atomic E-state index is 0.143. The largest absolute Gasteiger partial charge is 0.340 e. The summed E-state index contributed by atoms with van der Waals surface area (Å²) in [5.41, 5.74) is 1.17. The molecule has 1 amide bonds. The zero-order valence-electron chi connectivity index (χ0n) is 10.3. The van der Waals surface area contributed by atoms with Crippen molar-refractivity contribution >= 4 is 45.4 Å². The van der Waals surface area contributed by atoms with E-state index in [9.17, 15) is 4.79 Å². The number of thioether (sulfide) groups is 2. The standard InChI is InChI=1S/C13H16BrNOS2/c1-15(8-10-2-4-11(14)5-3-10)13(16)12-9-17-6-7-18-12/h2-5,12H,6-9H2,1H3. The molecule has 0 aliphatic carbocycles. The molecule has 1 aliphatic heterocycles. The summed E-state index contributed by atoms with van der Waals surface area (Å²) in [7, 11) is 1.89. The molecule has 18 heavy (non-hydrogen) atoms. The van der Waals surface area contributed by atoms with E-state index in [1.165, 1.54) is 11.3 Å². The van der Waals surface area contributed by atoms with E-state index in [0.717, 1.165) is 16.0 Å². The highest BCUT2D eigenvalue weighted by atomic mass is 79.9. The Balaban J connectivity index is 1.92. The molecule has 98 valence electrons. The number of rotatable bonds is 3. The van der Waals surface area contributed by atoms with Gasteiger partial charge in [0.05, 0.1) is 5.25 Å². The summed E-state index contributed by atoms with van der Waals surface area (Å²) < 4.78 is 1.07. The highest BCUT2D eigenvalue weighted by Gasteiger charge is 2.24. The number of carbonyl (C=O) groups excluding carboxylic acids is 1. The first-order valence-corrected chi connectivity index (χ1v) is 8.85. The molecule has 0 spiro atoms. The Morgan fingerprint density at radius 3 is 2.72 bits per heavy atom. The third kappa shape index (κ3) is 3.93. The van der Waals surface area contributed by atoms with Crippen LogP contribution in [0.5, 0.6) is 0 Å². The first-order chi connectivity index (χ1) is 8.66. The fourth-order valence-electron chi connectivity index (χ4n) is 1.82. The van der Waals surface area contributed by atoms with Gasteiger partial charge >= 0.3 is 0 Å². The van der Waals surface area contributed by atoms with E-state index < -0.39 is 0 Å². The van der Waals surface area contributed by atoms with Crippen molar-refractivity contribution in [3.63, 3.8) is 0 Å². The maximum atomic E-state index is 12.3. The van der Waals surface area contributed by atoms with Crippen LogP contribution in [0.1, 0.15) is 5.56 Å². The number of amides is 1. The van der Waals surface area contributed by atoms with Gasteiger partial charge in [-0.25, -0.2) is 0 Å². The molecule has 0 N–H and O–H groups in total. The van der Waals surface area contributed by atoms with Crippen LogP contribution in [-0.4, -0.2) is 40.4 Å². The molecule has 1 saturated heterocycles. The molecule has 1 heterocycles. The van der Waals surface area contributed by atoms with E-state index in [1.807, 2.05) is 35.8 Å². The normalized spacial score (nSPS) is 19.6. The van der Waals surface area contributed by atoms with Gasteiger partial charge in [-0.2, -0.15) is 11.8 Å². The molecule has 0 radical (unpaired) electrons. The smallest absolute Gasteiger partial charge is 0.236 e. The van der Waals surface area contributed by atoms with Crippen molar-refractivity contribution in [3.8, 4) is 0 Å². The molecule has 0 saturated carbocycles. The summed E-state index contributed by atoms with van der Waals surface area (Å²) in [6, 6.07) is 8.13. The number of benzene rings is 1. The molecular formula is C13H16BrNOS2. The molecule has 2 rings (SSSR count). The monoisotopic (exact) mass is 345 g/mol. The summed E-state index contributed by atoms with van der Waals surface area (Å²) >= 11 is 7.09. The van der Waals surface area contributed by atoms with Crippen LogP contribution < -0.4 is 0 Å². The van der Waals surface area contributed by atoms with Gasteiger partial charge in [0.1, 0.15) is 0 Å². The van der Waals surface area contributed by atoms with Crippen LogP contribution in [0.2, 0.25) is 0 Å². The number of hydrogen-bond acceptors (Lipinski definition) is 3. The molecule has 1 fully saturated rings. The second-order valence-corrected chi connectivity index (χ2v) is 7.63. The first kappa shape index (κ1) is 14.3. The second kappa shape index (κ2) is 6.87. The van der Waals surface area contributed by atoms with Crippen LogP contribution in [-0.2, 0) is 11.3 Å². The molecule has 1 unspecified atom stereocenters. The molecular weight excluding hydrogens is 330 g/mol. The van der Waals surface area contributed by atoms with Crippen molar-refractivity contribution in [2.45, 2.75) is 11.8 Å². The molecule has 1 aromatic rings. The van der Waals surface area contributed by atoms with Crippen molar-refractivity contribution < 1.29 is 4.79 Å². The molecule has 0 aromatic heterocycles. The lowest BCUT2D eigenvalue weighted by Crippen LogP contribution is -2.37. The Morgan fingerprint density at radius 1 is 1.39 bits per heavy atom. The number of nitrogens with zero attached hydrogens (tertiary/aromatic N) is 1. The van der Waals surface area contributed by atoms with Crippen molar-refractivity contribution in [3.05, 3.63) is 34.3 Å². The van der Waals surface area contributed by atoms with Crippen molar-refractivity contribution in [1.82, 2.24) is 4.90 Å². The van der Waals surface area contributed by atoms with Crippen molar-refractivity contribution in [2.75, 3.05) is 24.3 Å². The highest BCUT2D eigenvalue weighted by molar-refractivity contribution is 9.10. The first-order valence-electron chi connectivity index (χ1n) is 5.85. The molecule has 1 atom stereocenters. The van der Waals surface area contributed by atoms with Crippen molar-refractivity contribution in [2.24, 2.45) is 0 Å². The maximum absolute atomic E-state index is 12.3. The molecule has 0 bridgehead atoms. The lowest BCUT2D eigenvalue weighted by atomic mass is 10.2. The Morgan fingerprint density at radius 2 is 2.11 bits per heavy atom. The Hall–Kier alpha value is -0.130. The third-order valence-corrected chi connectivity index (χ3v) is 6.07. The zero-order valence-corrected chi connectivity index (χ0v) is 13.5. The summed E-state index contributed by atoms with van der Waals surface area (Å²) in [4.78, 5) is 14.1. The van der Waals surface area contributed by atoms with Crippen LogP contribution in [0, 0.1) is 0 Å². The SMILES string of the molecule is CN(Cc1ccc(Br)cc1)C(=O)C1CSCCS1. The molecule has 5 heteroatoms. The second-order valence-electron chi connectivity index (χ2n) is 4.26. The van der Waals surface area contributed by atoms with Gasteiger partial charge in [-0.3, -0.25) is 4.79 Å². The Bertz CT molecular complexity index is 404. The van der Waals surface area contributed by atoms with Gasteiger partial charge in [-0.15, -0.1) is 11.8 Å². The minimum Gasteiger partial charge on any atom is -0.340 e. The summed E-state index contributed by atoms with van der Waals surface area (Å²) in [6.07, 6.45) is 0. The average molecular weight is 346 g/mol. The van der Waals surface area contributed by atoms with Gasteiger partial charge in [0, 0.05) is 35.3 Å². The van der Waals surface area contributed by atoms with Gasteiger partial charge in [0.2, 0.25) is 5.91 Å². The predicted octanol–water partition coefficient (Wildman–Crippen LogP) is 3.26. The van der Waals surface area contributed by atoms with Gasteiger partial charge in [-0.05, 0) is 17.7 Å². The van der Waals surface area contributed by atoms with E-state index >= 15 is 0 Å². The Labute approximate surface area is 125 Å². The van der Waals surface area contributed by atoms with Gasteiger partial charge in [0.15, 0.2) is 0 Å². The van der Waals surface area contributed by atoms with E-state index in [4.69, 9.17) is 0 Å². The van der Waals surface area contributed by atoms with Gasteiger partial charge < -0.3 is 4.90 Å². The zero-order chi connectivity index (χ0) is 13.0. The minimum atomic E-state index is 0.143. The van der Waals surface area contributed by atoms with Gasteiger partial charge in [0.25, 0.3) is 0 Å². The van der Waals surface area contributed by atoms with E-state index in [-0.39, 0.29) is 11.2 Å². The third-order valence-electron chi connectivity index (χ3n) is 2.80. The van der Waals surface area contributed by atoms with Crippen LogP contribution in [0.3, 0.4) is 0 Å². The summed E-state index contributed by atoms with van der Waals surface area (Å²) in [5, 5.41) is 0.143.